The Bertz CT molecular complexity index is 1070. The van der Waals surface area contributed by atoms with Crippen molar-refractivity contribution in [3.63, 3.8) is 0 Å². The smallest absolute Gasteiger partial charge is 0.261 e. The maximum Gasteiger partial charge on any atom is 0.261 e. The van der Waals surface area contributed by atoms with Crippen molar-refractivity contribution in [3.05, 3.63) is 70.9 Å². The zero-order valence-corrected chi connectivity index (χ0v) is 16.4. The minimum Gasteiger partial charge on any atom is -0.378 e. The second kappa shape index (κ2) is 8.45. The summed E-state index contributed by atoms with van der Waals surface area (Å²) in [6, 6.07) is 16.0. The molecular formula is C23H24N4O. The quantitative estimate of drug-likeness (QED) is 0.510. The Kier molecular flexibility index (Phi) is 5.81. The Balaban J connectivity index is 1.67. The van der Waals surface area contributed by atoms with Crippen LogP contribution in [0.5, 0.6) is 0 Å². The predicted molar refractivity (Wildman–Crippen MR) is 114 cm³/mol. The molecule has 142 valence electrons. The third-order valence-corrected chi connectivity index (χ3v) is 4.79. The van der Waals surface area contributed by atoms with Crippen LogP contribution in [0.1, 0.15) is 16.7 Å². The summed E-state index contributed by atoms with van der Waals surface area (Å²) in [6.45, 7) is 2.45. The van der Waals surface area contributed by atoms with Gasteiger partial charge in [0.2, 0.25) is 0 Å². The van der Waals surface area contributed by atoms with Crippen LogP contribution in [0.4, 0.5) is 5.69 Å². The van der Waals surface area contributed by atoms with Gasteiger partial charge in [-0.2, -0.15) is 5.26 Å². The van der Waals surface area contributed by atoms with E-state index in [2.05, 4.69) is 16.4 Å². The van der Waals surface area contributed by atoms with Crippen molar-refractivity contribution in [2.45, 2.75) is 13.3 Å². The standard InChI is InChI=1S/C23H24N4O/c1-16-12-20(27(2)3)9-8-17(16)13-19(14-24)23(28)25-11-10-18-15-26-22-7-5-4-6-21(18)22/h4-9,12-13,15,26H,10-11H2,1-3H3,(H,25,28). The molecule has 0 spiro atoms. The van der Waals surface area contributed by atoms with Gasteiger partial charge in [-0.15, -0.1) is 0 Å². The average molecular weight is 372 g/mol. The summed E-state index contributed by atoms with van der Waals surface area (Å²) >= 11 is 0. The number of carbonyl (C=O) groups is 1. The number of anilines is 1. The number of carbonyl (C=O) groups excluding carboxylic acids is 1. The molecule has 2 aromatic carbocycles. The monoisotopic (exact) mass is 372 g/mol. The third kappa shape index (κ3) is 4.24. The molecular weight excluding hydrogens is 348 g/mol. The molecule has 3 aromatic rings. The highest BCUT2D eigenvalue weighted by atomic mass is 16.1. The van der Waals surface area contributed by atoms with Crippen molar-refractivity contribution >= 4 is 28.6 Å². The van der Waals surface area contributed by atoms with Gasteiger partial charge in [0.15, 0.2) is 0 Å². The molecule has 0 saturated heterocycles. The lowest BCUT2D eigenvalue weighted by Crippen LogP contribution is -2.26. The van der Waals surface area contributed by atoms with Crippen LogP contribution in [0.3, 0.4) is 0 Å². The molecule has 3 rings (SSSR count). The number of benzene rings is 2. The minimum atomic E-state index is -0.349. The number of amides is 1. The number of para-hydroxylation sites is 1. The lowest BCUT2D eigenvalue weighted by Gasteiger charge is -2.14. The number of nitrogens with zero attached hydrogens (tertiary/aromatic N) is 2. The summed E-state index contributed by atoms with van der Waals surface area (Å²) in [5.74, 6) is -0.349. The highest BCUT2D eigenvalue weighted by Gasteiger charge is 2.10. The lowest BCUT2D eigenvalue weighted by molar-refractivity contribution is -0.117. The molecule has 0 fully saturated rings. The summed E-state index contributed by atoms with van der Waals surface area (Å²) in [5.41, 5.74) is 5.31. The van der Waals surface area contributed by atoms with Gasteiger partial charge in [0.25, 0.3) is 5.91 Å². The first-order valence-corrected chi connectivity index (χ1v) is 9.22. The van der Waals surface area contributed by atoms with Gasteiger partial charge in [0.1, 0.15) is 11.6 Å². The first kappa shape index (κ1) is 19.2. The van der Waals surface area contributed by atoms with Gasteiger partial charge in [-0.3, -0.25) is 4.79 Å². The number of rotatable bonds is 6. The molecule has 1 aromatic heterocycles. The molecule has 0 aliphatic heterocycles. The van der Waals surface area contributed by atoms with Crippen molar-refractivity contribution in [3.8, 4) is 6.07 Å². The van der Waals surface area contributed by atoms with Crippen LogP contribution in [0.15, 0.2) is 54.2 Å². The maximum atomic E-state index is 12.4. The largest absolute Gasteiger partial charge is 0.378 e. The Labute approximate surface area is 165 Å². The molecule has 0 atom stereocenters. The molecule has 0 aliphatic carbocycles. The van der Waals surface area contributed by atoms with E-state index in [1.54, 1.807) is 6.08 Å². The first-order valence-electron chi connectivity index (χ1n) is 9.22. The van der Waals surface area contributed by atoms with Crippen LogP contribution in [0.2, 0.25) is 0 Å². The molecule has 1 amide bonds. The van der Waals surface area contributed by atoms with Crippen LogP contribution < -0.4 is 10.2 Å². The summed E-state index contributed by atoms with van der Waals surface area (Å²) < 4.78 is 0. The Morgan fingerprint density at radius 3 is 2.75 bits per heavy atom. The van der Waals surface area contributed by atoms with Gasteiger partial charge < -0.3 is 15.2 Å². The second-order valence-electron chi connectivity index (χ2n) is 6.97. The Morgan fingerprint density at radius 2 is 2.04 bits per heavy atom. The van der Waals surface area contributed by atoms with E-state index in [1.807, 2.05) is 74.6 Å². The second-order valence-corrected chi connectivity index (χ2v) is 6.97. The lowest BCUT2D eigenvalue weighted by atomic mass is 10.0. The molecule has 5 heteroatoms. The number of fused-ring (bicyclic) bond motifs is 1. The van der Waals surface area contributed by atoms with Gasteiger partial charge in [0.05, 0.1) is 0 Å². The zero-order chi connectivity index (χ0) is 20.1. The van der Waals surface area contributed by atoms with Crippen molar-refractivity contribution in [1.82, 2.24) is 10.3 Å². The SMILES string of the molecule is Cc1cc(N(C)C)ccc1C=C(C#N)C(=O)NCCc1c[nH]c2ccccc12. The Morgan fingerprint density at radius 1 is 1.25 bits per heavy atom. The molecule has 0 saturated carbocycles. The maximum absolute atomic E-state index is 12.4. The van der Waals surface area contributed by atoms with E-state index in [1.165, 1.54) is 0 Å². The fourth-order valence-electron chi connectivity index (χ4n) is 3.15. The summed E-state index contributed by atoms with van der Waals surface area (Å²) in [4.78, 5) is 17.7. The van der Waals surface area contributed by atoms with Crippen molar-refractivity contribution in [2.24, 2.45) is 0 Å². The third-order valence-electron chi connectivity index (χ3n) is 4.79. The van der Waals surface area contributed by atoms with E-state index in [4.69, 9.17) is 0 Å². The first-order chi connectivity index (χ1) is 13.5. The molecule has 5 nitrogen and oxygen atoms in total. The van der Waals surface area contributed by atoms with Crippen molar-refractivity contribution < 1.29 is 4.79 Å². The van der Waals surface area contributed by atoms with Gasteiger partial charge in [0, 0.05) is 43.4 Å². The zero-order valence-electron chi connectivity index (χ0n) is 16.4. The number of H-pyrrole nitrogens is 1. The predicted octanol–water partition coefficient (Wildman–Crippen LogP) is 3.81. The Hall–Kier alpha value is -3.52. The molecule has 28 heavy (non-hydrogen) atoms. The summed E-state index contributed by atoms with van der Waals surface area (Å²) in [5, 5.41) is 13.4. The summed E-state index contributed by atoms with van der Waals surface area (Å²) in [7, 11) is 3.96. The molecule has 0 radical (unpaired) electrons. The van der Waals surface area contributed by atoms with E-state index in [0.29, 0.717) is 13.0 Å². The van der Waals surface area contributed by atoms with Gasteiger partial charge in [-0.1, -0.05) is 24.3 Å². The van der Waals surface area contributed by atoms with Crippen LogP contribution in [-0.2, 0) is 11.2 Å². The molecule has 2 N–H and O–H groups in total. The number of hydrogen-bond donors (Lipinski definition) is 2. The number of nitrogens with one attached hydrogen (secondary N) is 2. The number of aryl methyl sites for hydroxylation is 1. The minimum absolute atomic E-state index is 0.111. The van der Waals surface area contributed by atoms with Gasteiger partial charge >= 0.3 is 0 Å². The van der Waals surface area contributed by atoms with Crippen LogP contribution >= 0.6 is 0 Å². The summed E-state index contributed by atoms with van der Waals surface area (Å²) in [6.07, 6.45) is 4.31. The topological polar surface area (TPSA) is 71.9 Å². The molecule has 1 heterocycles. The van der Waals surface area contributed by atoms with E-state index >= 15 is 0 Å². The highest BCUT2D eigenvalue weighted by Crippen LogP contribution is 2.20. The van der Waals surface area contributed by atoms with Gasteiger partial charge in [-0.05, 0) is 54.3 Å². The van der Waals surface area contributed by atoms with Crippen molar-refractivity contribution in [2.75, 3.05) is 25.5 Å². The van der Waals surface area contributed by atoms with Crippen LogP contribution in [0, 0.1) is 18.3 Å². The van der Waals surface area contributed by atoms with Crippen LogP contribution in [0.25, 0.3) is 17.0 Å². The van der Waals surface area contributed by atoms with Crippen LogP contribution in [-0.4, -0.2) is 31.5 Å². The van der Waals surface area contributed by atoms with E-state index in [9.17, 15) is 10.1 Å². The van der Waals surface area contributed by atoms with E-state index in [-0.39, 0.29) is 11.5 Å². The molecule has 0 aliphatic rings. The van der Waals surface area contributed by atoms with E-state index in [0.717, 1.165) is 33.3 Å². The van der Waals surface area contributed by atoms with E-state index < -0.39 is 0 Å². The van der Waals surface area contributed by atoms with Gasteiger partial charge in [-0.25, -0.2) is 0 Å². The fraction of sp³-hybridized carbons (Fsp3) is 0.217. The van der Waals surface area contributed by atoms with Crippen molar-refractivity contribution in [1.29, 1.82) is 5.26 Å². The number of nitriles is 1. The fourth-order valence-corrected chi connectivity index (χ4v) is 3.15. The average Bonchev–Trinajstić information content (AvgIpc) is 3.10. The molecule has 0 unspecified atom stereocenters. The highest BCUT2D eigenvalue weighted by molar-refractivity contribution is 6.01. The normalized spacial score (nSPS) is 11.3. The molecule has 0 bridgehead atoms. The number of aromatic nitrogens is 1. The number of aromatic amines is 1. The number of hydrogen-bond acceptors (Lipinski definition) is 3.